The first-order valence-corrected chi connectivity index (χ1v) is 4.34. The second-order valence-electron chi connectivity index (χ2n) is 3.10. The maximum atomic E-state index is 5.80. The summed E-state index contributed by atoms with van der Waals surface area (Å²) in [5.41, 5.74) is 0.448. The van der Waals surface area contributed by atoms with Gasteiger partial charge in [0.05, 0.1) is 5.39 Å². The number of aromatic nitrogens is 3. The van der Waals surface area contributed by atoms with Crippen molar-refractivity contribution in [1.82, 2.24) is 15.4 Å². The fourth-order valence-electron chi connectivity index (χ4n) is 1.06. The lowest BCUT2D eigenvalue weighted by Crippen LogP contribution is -1.85. The van der Waals surface area contributed by atoms with Crippen molar-refractivity contribution in [3.8, 4) is 0 Å². The Labute approximate surface area is 79.9 Å². The first-order valence-electron chi connectivity index (χ1n) is 3.97. The van der Waals surface area contributed by atoms with Crippen LogP contribution in [-0.2, 0) is 0 Å². The molecule has 2 aromatic heterocycles. The lowest BCUT2D eigenvalue weighted by molar-refractivity contribution is 0.508. The Morgan fingerprint density at radius 3 is 2.77 bits per heavy atom. The first kappa shape index (κ1) is 8.44. The molecule has 0 aromatic carbocycles. The Balaban J connectivity index is 2.68. The van der Waals surface area contributed by atoms with Gasteiger partial charge < -0.3 is 4.42 Å². The molecule has 0 radical (unpaired) electrons. The third-order valence-corrected chi connectivity index (χ3v) is 2.07. The van der Waals surface area contributed by atoms with Crippen LogP contribution >= 0.6 is 11.6 Å². The number of nitrogens with zero attached hydrogens (tertiary/aromatic N) is 3. The molecule has 0 unspecified atom stereocenters. The second kappa shape index (κ2) is 2.96. The Kier molecular flexibility index (Phi) is 1.92. The van der Waals surface area contributed by atoms with Gasteiger partial charge in [0.1, 0.15) is 5.76 Å². The van der Waals surface area contributed by atoms with Gasteiger partial charge in [-0.2, -0.15) is 0 Å². The molecule has 0 fully saturated rings. The van der Waals surface area contributed by atoms with Crippen molar-refractivity contribution in [2.45, 2.75) is 19.8 Å². The zero-order valence-corrected chi connectivity index (χ0v) is 8.04. The molecule has 4 nitrogen and oxygen atoms in total. The average Bonchev–Trinajstić information content (AvgIpc) is 2.49. The summed E-state index contributed by atoms with van der Waals surface area (Å²) >= 11 is 5.80. The van der Waals surface area contributed by atoms with E-state index in [9.17, 15) is 0 Å². The molecular weight excluding hydrogens is 190 g/mol. The van der Waals surface area contributed by atoms with E-state index in [-0.39, 0.29) is 0 Å². The summed E-state index contributed by atoms with van der Waals surface area (Å²) in [6.45, 7) is 4.07. The van der Waals surface area contributed by atoms with Crippen molar-refractivity contribution in [3.63, 3.8) is 0 Å². The third kappa shape index (κ3) is 1.37. The Bertz CT molecular complexity index is 438. The van der Waals surface area contributed by atoms with Gasteiger partial charge in [-0.25, -0.2) is 0 Å². The fourth-order valence-corrected chi connectivity index (χ4v) is 1.23. The van der Waals surface area contributed by atoms with E-state index in [1.54, 1.807) is 0 Å². The van der Waals surface area contributed by atoms with Crippen LogP contribution in [0, 0.1) is 0 Å². The van der Waals surface area contributed by atoms with E-state index in [4.69, 9.17) is 16.0 Å². The van der Waals surface area contributed by atoms with Gasteiger partial charge in [0, 0.05) is 5.92 Å². The minimum Gasteiger partial charge on any atom is -0.441 e. The molecule has 5 heteroatoms. The summed E-state index contributed by atoms with van der Waals surface area (Å²) in [5.74, 6) is 1.16. The molecule has 0 aliphatic rings. The van der Waals surface area contributed by atoms with E-state index >= 15 is 0 Å². The van der Waals surface area contributed by atoms with Gasteiger partial charge in [0.15, 0.2) is 5.15 Å². The minimum atomic E-state index is 0.310. The number of furan rings is 1. The highest BCUT2D eigenvalue weighted by atomic mass is 35.5. The monoisotopic (exact) mass is 197 g/mol. The van der Waals surface area contributed by atoms with Crippen molar-refractivity contribution < 1.29 is 4.42 Å². The number of hydrogen-bond acceptors (Lipinski definition) is 4. The molecule has 0 atom stereocenters. The summed E-state index contributed by atoms with van der Waals surface area (Å²) in [5, 5.41) is 11.9. The van der Waals surface area contributed by atoms with Crippen molar-refractivity contribution in [3.05, 3.63) is 17.0 Å². The molecular formula is C8H8ClN3O. The van der Waals surface area contributed by atoms with Crippen LogP contribution < -0.4 is 0 Å². The highest BCUT2D eigenvalue weighted by Crippen LogP contribution is 2.26. The number of halogens is 1. The van der Waals surface area contributed by atoms with Crippen LogP contribution in [0.25, 0.3) is 11.1 Å². The number of fused-ring (bicyclic) bond motifs is 1. The van der Waals surface area contributed by atoms with Crippen LogP contribution in [0.15, 0.2) is 10.5 Å². The molecule has 0 bridgehead atoms. The molecule has 2 rings (SSSR count). The minimum absolute atomic E-state index is 0.310. The third-order valence-electron chi connectivity index (χ3n) is 1.79. The van der Waals surface area contributed by atoms with Crippen molar-refractivity contribution in [2.24, 2.45) is 0 Å². The normalized spacial score (nSPS) is 11.4. The molecule has 0 saturated heterocycles. The molecule has 2 aromatic rings. The average molecular weight is 198 g/mol. The smallest absolute Gasteiger partial charge is 0.251 e. The molecule has 68 valence electrons. The molecule has 0 amide bonds. The van der Waals surface area contributed by atoms with Crippen molar-refractivity contribution in [1.29, 1.82) is 0 Å². The van der Waals surface area contributed by atoms with Gasteiger partial charge in [0.25, 0.3) is 5.71 Å². The standard InChI is InChI=1S/C8H8ClN3O/c1-4(2)6-3-5-7(9)10-12-11-8(5)13-6/h3-4H,1-2H3. The van der Waals surface area contributed by atoms with Gasteiger partial charge in [-0.1, -0.05) is 30.5 Å². The SMILES string of the molecule is CC(C)c1cc2c(Cl)nnnc2o1. The van der Waals surface area contributed by atoms with Crippen LogP contribution in [0.4, 0.5) is 0 Å². The van der Waals surface area contributed by atoms with Crippen LogP contribution in [0.1, 0.15) is 25.5 Å². The molecule has 0 spiro atoms. The maximum absolute atomic E-state index is 5.80. The van der Waals surface area contributed by atoms with E-state index in [1.807, 2.05) is 19.9 Å². The number of hydrogen-bond donors (Lipinski definition) is 0. The Morgan fingerprint density at radius 1 is 1.38 bits per heavy atom. The van der Waals surface area contributed by atoms with Crippen LogP contribution in [0.2, 0.25) is 5.15 Å². The fraction of sp³-hybridized carbons (Fsp3) is 0.375. The van der Waals surface area contributed by atoms with E-state index < -0.39 is 0 Å². The zero-order chi connectivity index (χ0) is 9.42. The largest absolute Gasteiger partial charge is 0.441 e. The van der Waals surface area contributed by atoms with E-state index in [0.29, 0.717) is 16.8 Å². The first-order chi connectivity index (χ1) is 6.18. The van der Waals surface area contributed by atoms with E-state index in [0.717, 1.165) is 11.1 Å². The second-order valence-corrected chi connectivity index (χ2v) is 3.46. The van der Waals surface area contributed by atoms with E-state index in [2.05, 4.69) is 15.4 Å². The summed E-state index contributed by atoms with van der Waals surface area (Å²) in [7, 11) is 0. The highest BCUT2D eigenvalue weighted by Gasteiger charge is 2.11. The maximum Gasteiger partial charge on any atom is 0.251 e. The Morgan fingerprint density at radius 2 is 2.15 bits per heavy atom. The quantitative estimate of drug-likeness (QED) is 0.705. The van der Waals surface area contributed by atoms with Crippen LogP contribution in [-0.4, -0.2) is 15.4 Å². The predicted octanol–water partition coefficient (Wildman–Crippen LogP) is 2.39. The van der Waals surface area contributed by atoms with Gasteiger partial charge >= 0.3 is 0 Å². The Hall–Kier alpha value is -1.16. The van der Waals surface area contributed by atoms with Crippen LogP contribution in [0.5, 0.6) is 0 Å². The molecule has 0 N–H and O–H groups in total. The molecule has 13 heavy (non-hydrogen) atoms. The summed E-state index contributed by atoms with van der Waals surface area (Å²) < 4.78 is 5.41. The zero-order valence-electron chi connectivity index (χ0n) is 7.28. The van der Waals surface area contributed by atoms with E-state index in [1.165, 1.54) is 0 Å². The molecule has 0 saturated carbocycles. The predicted molar refractivity (Wildman–Crippen MR) is 48.7 cm³/mol. The lowest BCUT2D eigenvalue weighted by Gasteiger charge is -1.94. The number of rotatable bonds is 1. The summed E-state index contributed by atoms with van der Waals surface area (Å²) in [6.07, 6.45) is 0. The van der Waals surface area contributed by atoms with Gasteiger partial charge in [-0.15, -0.1) is 5.10 Å². The van der Waals surface area contributed by atoms with Crippen LogP contribution in [0.3, 0.4) is 0 Å². The van der Waals surface area contributed by atoms with Gasteiger partial charge in [-0.05, 0) is 11.3 Å². The lowest BCUT2D eigenvalue weighted by atomic mass is 10.1. The van der Waals surface area contributed by atoms with Crippen molar-refractivity contribution in [2.75, 3.05) is 0 Å². The molecule has 0 aliphatic heterocycles. The summed E-state index contributed by atoms with van der Waals surface area (Å²) in [4.78, 5) is 0. The highest BCUT2D eigenvalue weighted by molar-refractivity contribution is 6.33. The molecule has 2 heterocycles. The van der Waals surface area contributed by atoms with Crippen molar-refractivity contribution >= 4 is 22.7 Å². The molecule has 0 aliphatic carbocycles. The summed E-state index contributed by atoms with van der Waals surface area (Å²) in [6, 6.07) is 1.85. The van der Waals surface area contributed by atoms with Gasteiger partial charge in [-0.3, -0.25) is 0 Å². The topological polar surface area (TPSA) is 51.8 Å². The van der Waals surface area contributed by atoms with Gasteiger partial charge in [0.2, 0.25) is 0 Å².